The van der Waals surface area contributed by atoms with E-state index in [-0.39, 0.29) is 0 Å². The maximum atomic E-state index is 5.90. The molecule has 0 saturated heterocycles. The standard InChI is InChI=1S/C16H24N2O/c1-18(15-7-4-5-12(15)9-17)10-13-11-19-16-8-3-2-6-14(13)16/h2-3,6,8,12-13,15H,4-5,7,9-11,17H2,1H3. The average Bonchev–Trinajstić information content (AvgIpc) is 3.05. The molecule has 1 aliphatic carbocycles. The van der Waals surface area contributed by atoms with Crippen molar-refractivity contribution in [2.75, 3.05) is 26.7 Å². The Labute approximate surface area is 115 Å². The summed E-state index contributed by atoms with van der Waals surface area (Å²) in [5, 5.41) is 0. The molecule has 0 bridgehead atoms. The van der Waals surface area contributed by atoms with Crippen LogP contribution in [0.5, 0.6) is 5.75 Å². The Morgan fingerprint density at radius 2 is 2.16 bits per heavy atom. The SMILES string of the molecule is CN(CC1COc2ccccc21)C1CCCC1CN. The number of fused-ring (bicyclic) bond motifs is 1. The highest BCUT2D eigenvalue weighted by Crippen LogP contribution is 2.35. The van der Waals surface area contributed by atoms with Gasteiger partial charge in [-0.1, -0.05) is 24.6 Å². The van der Waals surface area contributed by atoms with Crippen LogP contribution in [-0.4, -0.2) is 37.7 Å². The summed E-state index contributed by atoms with van der Waals surface area (Å²) in [6.45, 7) is 2.73. The van der Waals surface area contributed by atoms with E-state index in [2.05, 4.69) is 30.1 Å². The first-order valence-corrected chi connectivity index (χ1v) is 7.41. The van der Waals surface area contributed by atoms with Gasteiger partial charge in [0, 0.05) is 24.1 Å². The molecule has 3 unspecified atom stereocenters. The lowest BCUT2D eigenvalue weighted by Gasteiger charge is -2.30. The summed E-state index contributed by atoms with van der Waals surface area (Å²) in [5.74, 6) is 2.27. The second-order valence-electron chi connectivity index (χ2n) is 5.98. The van der Waals surface area contributed by atoms with E-state index in [9.17, 15) is 0 Å². The summed E-state index contributed by atoms with van der Waals surface area (Å²) in [6, 6.07) is 9.10. The van der Waals surface area contributed by atoms with Crippen LogP contribution in [0.4, 0.5) is 0 Å². The van der Waals surface area contributed by atoms with E-state index in [1.807, 2.05) is 6.07 Å². The van der Waals surface area contributed by atoms with Gasteiger partial charge < -0.3 is 15.4 Å². The molecular formula is C16H24N2O. The van der Waals surface area contributed by atoms with Gasteiger partial charge in [0.25, 0.3) is 0 Å². The molecule has 3 atom stereocenters. The summed E-state index contributed by atoms with van der Waals surface area (Å²) >= 11 is 0. The lowest BCUT2D eigenvalue weighted by molar-refractivity contribution is 0.179. The van der Waals surface area contributed by atoms with Gasteiger partial charge in [-0.3, -0.25) is 0 Å². The van der Waals surface area contributed by atoms with Gasteiger partial charge in [-0.05, 0) is 38.4 Å². The molecule has 3 heteroatoms. The number of hydrogen-bond acceptors (Lipinski definition) is 3. The lowest BCUT2D eigenvalue weighted by Crippen LogP contribution is -2.40. The van der Waals surface area contributed by atoms with Crippen LogP contribution >= 0.6 is 0 Å². The predicted octanol–water partition coefficient (Wildman–Crippen LogP) is 2.22. The van der Waals surface area contributed by atoms with Gasteiger partial charge in [0.1, 0.15) is 5.75 Å². The fourth-order valence-corrected chi connectivity index (χ4v) is 3.74. The molecule has 1 fully saturated rings. The molecule has 1 saturated carbocycles. The Bertz CT molecular complexity index is 435. The third-order valence-corrected chi connectivity index (χ3v) is 4.80. The zero-order valence-electron chi connectivity index (χ0n) is 11.7. The smallest absolute Gasteiger partial charge is 0.122 e. The fraction of sp³-hybridized carbons (Fsp3) is 0.625. The fourth-order valence-electron chi connectivity index (χ4n) is 3.74. The highest BCUT2D eigenvalue weighted by molar-refractivity contribution is 5.39. The quantitative estimate of drug-likeness (QED) is 0.902. The van der Waals surface area contributed by atoms with Gasteiger partial charge in [0.05, 0.1) is 6.61 Å². The molecule has 19 heavy (non-hydrogen) atoms. The minimum absolute atomic E-state index is 0.514. The van der Waals surface area contributed by atoms with E-state index >= 15 is 0 Å². The number of ether oxygens (including phenoxy) is 1. The van der Waals surface area contributed by atoms with E-state index in [1.165, 1.54) is 24.8 Å². The summed E-state index contributed by atoms with van der Waals surface area (Å²) in [4.78, 5) is 2.51. The molecule has 0 amide bonds. The van der Waals surface area contributed by atoms with Gasteiger partial charge in [-0.2, -0.15) is 0 Å². The van der Waals surface area contributed by atoms with Crippen LogP contribution < -0.4 is 10.5 Å². The third kappa shape index (κ3) is 2.49. The first kappa shape index (κ1) is 12.9. The van der Waals surface area contributed by atoms with Crippen LogP contribution in [0.2, 0.25) is 0 Å². The summed E-state index contributed by atoms with van der Waals surface area (Å²) in [7, 11) is 2.25. The molecule has 1 heterocycles. The Morgan fingerprint density at radius 1 is 1.32 bits per heavy atom. The normalized spacial score (nSPS) is 29.5. The monoisotopic (exact) mass is 260 g/mol. The molecule has 0 spiro atoms. The number of nitrogens with zero attached hydrogens (tertiary/aromatic N) is 1. The summed E-state index contributed by atoms with van der Waals surface area (Å²) in [5.41, 5.74) is 7.27. The molecule has 0 radical (unpaired) electrons. The van der Waals surface area contributed by atoms with Gasteiger partial charge >= 0.3 is 0 Å². The third-order valence-electron chi connectivity index (χ3n) is 4.80. The van der Waals surface area contributed by atoms with Crippen molar-refractivity contribution in [1.29, 1.82) is 0 Å². The molecule has 0 aromatic heterocycles. The van der Waals surface area contributed by atoms with Crippen molar-refractivity contribution in [1.82, 2.24) is 4.90 Å². The van der Waals surface area contributed by atoms with Crippen LogP contribution in [0.3, 0.4) is 0 Å². The second-order valence-corrected chi connectivity index (χ2v) is 5.98. The Morgan fingerprint density at radius 3 is 3.00 bits per heavy atom. The van der Waals surface area contributed by atoms with Crippen LogP contribution in [0.25, 0.3) is 0 Å². The number of rotatable bonds is 4. The van der Waals surface area contributed by atoms with Crippen molar-refractivity contribution in [3.63, 3.8) is 0 Å². The first-order chi connectivity index (χ1) is 9.29. The van der Waals surface area contributed by atoms with Gasteiger partial charge in [-0.25, -0.2) is 0 Å². The molecular weight excluding hydrogens is 236 g/mol. The van der Waals surface area contributed by atoms with Crippen molar-refractivity contribution >= 4 is 0 Å². The van der Waals surface area contributed by atoms with E-state index in [4.69, 9.17) is 10.5 Å². The Kier molecular flexibility index (Phi) is 3.76. The minimum Gasteiger partial charge on any atom is -0.493 e. The topological polar surface area (TPSA) is 38.5 Å². The van der Waals surface area contributed by atoms with Crippen LogP contribution in [0, 0.1) is 5.92 Å². The highest BCUT2D eigenvalue weighted by atomic mass is 16.5. The van der Waals surface area contributed by atoms with Gasteiger partial charge in [0.15, 0.2) is 0 Å². The molecule has 1 aliphatic heterocycles. The van der Waals surface area contributed by atoms with Crippen molar-refractivity contribution in [2.24, 2.45) is 11.7 Å². The largest absolute Gasteiger partial charge is 0.493 e. The predicted molar refractivity (Wildman–Crippen MR) is 77.5 cm³/mol. The van der Waals surface area contributed by atoms with Crippen molar-refractivity contribution in [3.8, 4) is 5.75 Å². The minimum atomic E-state index is 0.514. The number of nitrogens with two attached hydrogens (primary N) is 1. The number of benzene rings is 1. The Balaban J connectivity index is 1.66. The number of para-hydroxylation sites is 1. The summed E-state index contributed by atoms with van der Waals surface area (Å²) in [6.07, 6.45) is 3.92. The maximum absolute atomic E-state index is 5.90. The van der Waals surface area contributed by atoms with Crippen LogP contribution in [-0.2, 0) is 0 Å². The van der Waals surface area contributed by atoms with E-state index in [0.29, 0.717) is 17.9 Å². The first-order valence-electron chi connectivity index (χ1n) is 7.41. The molecule has 2 aliphatic rings. The molecule has 2 N–H and O–H groups in total. The summed E-state index contributed by atoms with van der Waals surface area (Å²) < 4.78 is 5.78. The maximum Gasteiger partial charge on any atom is 0.122 e. The second kappa shape index (κ2) is 5.51. The van der Waals surface area contributed by atoms with Gasteiger partial charge in [-0.15, -0.1) is 0 Å². The van der Waals surface area contributed by atoms with Crippen molar-refractivity contribution in [2.45, 2.75) is 31.2 Å². The average molecular weight is 260 g/mol. The van der Waals surface area contributed by atoms with E-state index in [1.54, 1.807) is 0 Å². The molecule has 1 aromatic rings. The van der Waals surface area contributed by atoms with Crippen LogP contribution in [0.15, 0.2) is 24.3 Å². The lowest BCUT2D eigenvalue weighted by atomic mass is 9.98. The molecule has 3 nitrogen and oxygen atoms in total. The number of hydrogen-bond donors (Lipinski definition) is 1. The Hall–Kier alpha value is -1.06. The van der Waals surface area contributed by atoms with E-state index in [0.717, 1.165) is 25.4 Å². The number of likely N-dealkylation sites (N-methyl/N-ethyl adjacent to an activating group) is 1. The molecule has 104 valence electrons. The van der Waals surface area contributed by atoms with E-state index < -0.39 is 0 Å². The van der Waals surface area contributed by atoms with Crippen molar-refractivity contribution < 1.29 is 4.74 Å². The zero-order valence-corrected chi connectivity index (χ0v) is 11.7. The molecule has 1 aromatic carbocycles. The van der Waals surface area contributed by atoms with Crippen LogP contribution in [0.1, 0.15) is 30.7 Å². The molecule has 3 rings (SSSR count). The highest BCUT2D eigenvalue weighted by Gasteiger charge is 2.32. The zero-order chi connectivity index (χ0) is 13.2. The van der Waals surface area contributed by atoms with Gasteiger partial charge in [0.2, 0.25) is 0 Å². The van der Waals surface area contributed by atoms with Crippen molar-refractivity contribution in [3.05, 3.63) is 29.8 Å².